The second-order valence-corrected chi connectivity index (χ2v) is 4.93. The third kappa shape index (κ3) is 8.19. The second kappa shape index (κ2) is 7.94. The first kappa shape index (κ1) is 13.6. The van der Waals surface area contributed by atoms with Crippen molar-refractivity contribution in [3.05, 3.63) is 0 Å². The molecule has 0 aromatic rings. The molecular weight excluding hydrogens is 200 g/mol. The standard InChI is InChI=1S/C9H20N2O2S/c1-3-4-8(10)7-9(12)11-5-6-14(2)13/h8H,3-7,10H2,1-2H3,(H,11,12). The van der Waals surface area contributed by atoms with Crippen molar-refractivity contribution in [3.63, 3.8) is 0 Å². The number of carbonyl (C=O) groups is 1. The zero-order valence-corrected chi connectivity index (χ0v) is 9.73. The Balaban J connectivity index is 3.50. The summed E-state index contributed by atoms with van der Waals surface area (Å²) in [7, 11) is -0.844. The molecular formula is C9H20N2O2S. The molecule has 0 bridgehead atoms. The molecule has 0 spiro atoms. The molecule has 0 heterocycles. The smallest absolute Gasteiger partial charge is 0.221 e. The van der Waals surface area contributed by atoms with E-state index in [1.54, 1.807) is 6.26 Å². The first-order chi connectivity index (χ1) is 6.56. The summed E-state index contributed by atoms with van der Waals surface area (Å²) in [5.41, 5.74) is 5.70. The van der Waals surface area contributed by atoms with Crippen molar-refractivity contribution in [2.45, 2.75) is 32.2 Å². The molecule has 2 unspecified atom stereocenters. The van der Waals surface area contributed by atoms with E-state index in [0.717, 1.165) is 12.8 Å². The van der Waals surface area contributed by atoms with E-state index >= 15 is 0 Å². The lowest BCUT2D eigenvalue weighted by molar-refractivity contribution is -0.121. The number of hydrogen-bond acceptors (Lipinski definition) is 3. The molecule has 3 N–H and O–H groups in total. The van der Waals surface area contributed by atoms with Crippen molar-refractivity contribution >= 4 is 16.7 Å². The predicted molar refractivity (Wildman–Crippen MR) is 59.4 cm³/mol. The number of nitrogens with one attached hydrogen (secondary N) is 1. The lowest BCUT2D eigenvalue weighted by atomic mass is 10.1. The van der Waals surface area contributed by atoms with Gasteiger partial charge in [-0.15, -0.1) is 0 Å². The molecule has 0 saturated heterocycles. The lowest BCUT2D eigenvalue weighted by Crippen LogP contribution is -2.33. The van der Waals surface area contributed by atoms with Gasteiger partial charge in [0.05, 0.1) is 0 Å². The fourth-order valence-electron chi connectivity index (χ4n) is 1.12. The summed E-state index contributed by atoms with van der Waals surface area (Å²) >= 11 is 0. The van der Waals surface area contributed by atoms with Crippen LogP contribution in [-0.2, 0) is 15.6 Å². The first-order valence-electron chi connectivity index (χ1n) is 4.88. The van der Waals surface area contributed by atoms with Crippen LogP contribution in [0.3, 0.4) is 0 Å². The monoisotopic (exact) mass is 220 g/mol. The maximum atomic E-state index is 11.2. The Morgan fingerprint density at radius 2 is 2.21 bits per heavy atom. The molecule has 84 valence electrons. The molecule has 0 aromatic carbocycles. The summed E-state index contributed by atoms with van der Waals surface area (Å²) in [6.07, 6.45) is 3.85. The molecule has 1 amide bonds. The molecule has 2 atom stereocenters. The van der Waals surface area contributed by atoms with E-state index in [4.69, 9.17) is 5.73 Å². The van der Waals surface area contributed by atoms with E-state index < -0.39 is 10.8 Å². The molecule has 0 aliphatic carbocycles. The minimum Gasteiger partial charge on any atom is -0.355 e. The zero-order valence-electron chi connectivity index (χ0n) is 8.91. The molecule has 5 heteroatoms. The van der Waals surface area contributed by atoms with E-state index in [-0.39, 0.29) is 11.9 Å². The molecule has 14 heavy (non-hydrogen) atoms. The molecule has 4 nitrogen and oxygen atoms in total. The van der Waals surface area contributed by atoms with E-state index in [9.17, 15) is 9.00 Å². The van der Waals surface area contributed by atoms with Crippen LogP contribution in [0, 0.1) is 0 Å². The van der Waals surface area contributed by atoms with Gasteiger partial charge < -0.3 is 11.1 Å². The summed E-state index contributed by atoms with van der Waals surface area (Å²) in [5.74, 6) is 0.464. The normalized spacial score (nSPS) is 14.8. The number of amides is 1. The van der Waals surface area contributed by atoms with Gasteiger partial charge in [0.25, 0.3) is 0 Å². The van der Waals surface area contributed by atoms with Gasteiger partial charge in [-0.05, 0) is 6.42 Å². The zero-order chi connectivity index (χ0) is 11.0. The molecule has 0 aliphatic rings. The molecule has 0 radical (unpaired) electrons. The van der Waals surface area contributed by atoms with Crippen molar-refractivity contribution in [2.24, 2.45) is 5.73 Å². The SMILES string of the molecule is CCCC(N)CC(=O)NCCS(C)=O. The third-order valence-electron chi connectivity index (χ3n) is 1.82. The summed E-state index contributed by atoms with van der Waals surface area (Å²) in [6.45, 7) is 2.51. The van der Waals surface area contributed by atoms with Crippen LogP contribution in [0.25, 0.3) is 0 Å². The van der Waals surface area contributed by atoms with Crippen molar-refractivity contribution in [1.82, 2.24) is 5.32 Å². The Morgan fingerprint density at radius 3 is 2.71 bits per heavy atom. The van der Waals surface area contributed by atoms with Crippen LogP contribution in [-0.4, -0.2) is 34.7 Å². The highest BCUT2D eigenvalue weighted by atomic mass is 32.2. The highest BCUT2D eigenvalue weighted by molar-refractivity contribution is 7.84. The van der Waals surface area contributed by atoms with Gasteiger partial charge in [-0.3, -0.25) is 9.00 Å². The van der Waals surface area contributed by atoms with Crippen molar-refractivity contribution < 1.29 is 9.00 Å². The number of rotatable bonds is 7. The van der Waals surface area contributed by atoms with Crippen LogP contribution in [0.2, 0.25) is 0 Å². The highest BCUT2D eigenvalue weighted by Gasteiger charge is 2.07. The van der Waals surface area contributed by atoms with Crippen molar-refractivity contribution in [2.75, 3.05) is 18.6 Å². The van der Waals surface area contributed by atoms with E-state index in [1.807, 2.05) is 6.92 Å². The number of hydrogen-bond donors (Lipinski definition) is 2. The number of nitrogens with two attached hydrogens (primary N) is 1. The van der Waals surface area contributed by atoms with Crippen LogP contribution in [0.15, 0.2) is 0 Å². The average Bonchev–Trinajstić information content (AvgIpc) is 2.03. The summed E-state index contributed by atoms with van der Waals surface area (Å²) in [4.78, 5) is 11.2. The van der Waals surface area contributed by atoms with Gasteiger partial charge in [0.2, 0.25) is 5.91 Å². The topological polar surface area (TPSA) is 72.2 Å². The molecule has 0 fully saturated rings. The van der Waals surface area contributed by atoms with Crippen molar-refractivity contribution in [3.8, 4) is 0 Å². The summed E-state index contributed by atoms with van der Waals surface area (Å²) in [5, 5.41) is 2.69. The van der Waals surface area contributed by atoms with E-state index in [0.29, 0.717) is 18.7 Å². The van der Waals surface area contributed by atoms with E-state index in [1.165, 1.54) is 0 Å². The maximum absolute atomic E-state index is 11.2. The predicted octanol–water partition coefficient (Wildman–Crippen LogP) is -0.00140. The van der Waals surface area contributed by atoms with Crippen LogP contribution in [0.4, 0.5) is 0 Å². The Labute approximate surface area is 88.1 Å². The van der Waals surface area contributed by atoms with Gasteiger partial charge in [-0.2, -0.15) is 0 Å². The Bertz CT molecular complexity index is 197. The van der Waals surface area contributed by atoms with E-state index in [2.05, 4.69) is 5.32 Å². The van der Waals surface area contributed by atoms with Crippen molar-refractivity contribution in [1.29, 1.82) is 0 Å². The minimum atomic E-state index is -0.844. The van der Waals surface area contributed by atoms with Gasteiger partial charge in [-0.25, -0.2) is 0 Å². The molecule has 0 saturated carbocycles. The Morgan fingerprint density at radius 1 is 1.57 bits per heavy atom. The first-order valence-corrected chi connectivity index (χ1v) is 6.61. The summed E-state index contributed by atoms with van der Waals surface area (Å²) < 4.78 is 10.7. The molecule has 0 aliphatic heterocycles. The molecule has 0 aromatic heterocycles. The van der Waals surface area contributed by atoms with Gasteiger partial charge in [-0.1, -0.05) is 13.3 Å². The fourth-order valence-corrected chi connectivity index (χ4v) is 1.51. The minimum absolute atomic E-state index is 0.0450. The van der Waals surface area contributed by atoms with Gasteiger partial charge in [0, 0.05) is 41.8 Å². The third-order valence-corrected chi connectivity index (χ3v) is 2.60. The Kier molecular flexibility index (Phi) is 7.70. The maximum Gasteiger partial charge on any atom is 0.221 e. The Hall–Kier alpha value is -0.420. The largest absolute Gasteiger partial charge is 0.355 e. The number of carbonyl (C=O) groups excluding carboxylic acids is 1. The molecule has 0 rings (SSSR count). The fraction of sp³-hybridized carbons (Fsp3) is 0.889. The average molecular weight is 220 g/mol. The summed E-state index contributed by atoms with van der Waals surface area (Å²) in [6, 6.07) is -0.0490. The van der Waals surface area contributed by atoms with Crippen LogP contribution < -0.4 is 11.1 Å². The lowest BCUT2D eigenvalue weighted by Gasteiger charge is -2.09. The second-order valence-electron chi connectivity index (χ2n) is 3.38. The van der Waals surface area contributed by atoms with Crippen LogP contribution in [0.1, 0.15) is 26.2 Å². The quantitative estimate of drug-likeness (QED) is 0.634. The van der Waals surface area contributed by atoms with Crippen LogP contribution in [0.5, 0.6) is 0 Å². The highest BCUT2D eigenvalue weighted by Crippen LogP contribution is 1.97. The van der Waals surface area contributed by atoms with Crippen LogP contribution >= 0.6 is 0 Å². The van der Waals surface area contributed by atoms with Gasteiger partial charge in [0.15, 0.2) is 0 Å². The van der Waals surface area contributed by atoms with Gasteiger partial charge >= 0.3 is 0 Å². The van der Waals surface area contributed by atoms with Gasteiger partial charge in [0.1, 0.15) is 0 Å².